The summed E-state index contributed by atoms with van der Waals surface area (Å²) in [6, 6.07) is 0. The summed E-state index contributed by atoms with van der Waals surface area (Å²) in [6.45, 7) is 6.04. The summed E-state index contributed by atoms with van der Waals surface area (Å²) in [5.41, 5.74) is -0.950. The van der Waals surface area contributed by atoms with Gasteiger partial charge < -0.3 is 14.6 Å². The Labute approximate surface area is 168 Å². The fraction of sp³-hybridized carbons (Fsp3) is 0.913. The lowest BCUT2D eigenvalue weighted by Gasteiger charge is -2.63. The molecular weight excluding hydrogens is 356 g/mol. The van der Waals surface area contributed by atoms with Crippen LogP contribution in [0.25, 0.3) is 0 Å². The molecule has 1 N–H and O–H groups in total. The third-order valence-electron chi connectivity index (χ3n) is 9.62. The first-order valence-corrected chi connectivity index (χ1v) is 11.1. The number of ether oxygens (including phenoxy) is 2. The Morgan fingerprint density at radius 3 is 2.39 bits per heavy atom. The number of rotatable bonds is 2. The Morgan fingerprint density at radius 2 is 1.71 bits per heavy atom. The maximum absolute atomic E-state index is 12.4. The predicted octanol–water partition coefficient (Wildman–Crippen LogP) is 3.86. The highest BCUT2D eigenvalue weighted by Crippen LogP contribution is 2.69. The molecule has 0 saturated heterocycles. The number of hydrogen-bond acceptors (Lipinski definition) is 5. The van der Waals surface area contributed by atoms with Gasteiger partial charge in [-0.15, -0.1) is 0 Å². The Morgan fingerprint density at radius 1 is 0.964 bits per heavy atom. The van der Waals surface area contributed by atoms with Crippen LogP contribution in [0.4, 0.5) is 0 Å². The molecule has 0 bridgehead atoms. The van der Waals surface area contributed by atoms with Crippen LogP contribution < -0.4 is 0 Å². The van der Waals surface area contributed by atoms with Gasteiger partial charge in [0.1, 0.15) is 6.10 Å². The standard InChI is InChI=1S/C23H36O5/c1-14(24)28-16-7-10-21(2)15(13-16)5-6-18-17(21)8-11-22(3)19(20(25)27-4)9-12-23(18,22)26/h15-19,26H,5-13H2,1-4H3/t15-,16-,17-,18-,19+,21+,22+,23+/m1/s1. The second-order valence-electron chi connectivity index (χ2n) is 10.5. The molecule has 28 heavy (non-hydrogen) atoms. The second kappa shape index (κ2) is 6.72. The summed E-state index contributed by atoms with van der Waals surface area (Å²) >= 11 is 0. The van der Waals surface area contributed by atoms with E-state index in [4.69, 9.17) is 9.47 Å². The van der Waals surface area contributed by atoms with E-state index in [2.05, 4.69) is 13.8 Å². The van der Waals surface area contributed by atoms with E-state index in [1.165, 1.54) is 14.0 Å². The van der Waals surface area contributed by atoms with Crippen molar-refractivity contribution in [2.24, 2.45) is 34.5 Å². The average molecular weight is 393 g/mol. The van der Waals surface area contributed by atoms with Crippen LogP contribution in [0.5, 0.6) is 0 Å². The zero-order chi connectivity index (χ0) is 20.3. The van der Waals surface area contributed by atoms with Gasteiger partial charge in [-0.2, -0.15) is 0 Å². The summed E-state index contributed by atoms with van der Waals surface area (Å²) in [7, 11) is 1.46. The van der Waals surface area contributed by atoms with E-state index >= 15 is 0 Å². The molecule has 0 aliphatic heterocycles. The van der Waals surface area contributed by atoms with E-state index in [1.807, 2.05) is 0 Å². The molecule has 4 rings (SSSR count). The van der Waals surface area contributed by atoms with Crippen molar-refractivity contribution in [2.75, 3.05) is 7.11 Å². The largest absolute Gasteiger partial charge is 0.469 e. The van der Waals surface area contributed by atoms with Crippen molar-refractivity contribution in [1.82, 2.24) is 0 Å². The van der Waals surface area contributed by atoms with Crippen molar-refractivity contribution in [3.63, 3.8) is 0 Å². The van der Waals surface area contributed by atoms with Crippen LogP contribution >= 0.6 is 0 Å². The van der Waals surface area contributed by atoms with Gasteiger partial charge in [0.2, 0.25) is 0 Å². The predicted molar refractivity (Wildman–Crippen MR) is 104 cm³/mol. The number of carbonyl (C=O) groups is 2. The van der Waals surface area contributed by atoms with E-state index < -0.39 is 5.60 Å². The van der Waals surface area contributed by atoms with Crippen LogP contribution in [0.15, 0.2) is 0 Å². The molecule has 4 fully saturated rings. The van der Waals surface area contributed by atoms with Crippen LogP contribution in [0.2, 0.25) is 0 Å². The van der Waals surface area contributed by atoms with Crippen molar-refractivity contribution in [1.29, 1.82) is 0 Å². The quantitative estimate of drug-likeness (QED) is 0.722. The van der Waals surface area contributed by atoms with Crippen LogP contribution in [0, 0.1) is 34.5 Å². The minimum atomic E-state index is -0.768. The summed E-state index contributed by atoms with van der Waals surface area (Å²) in [6.07, 6.45) is 8.49. The normalized spacial score (nSPS) is 50.1. The van der Waals surface area contributed by atoms with Gasteiger partial charge in [0.15, 0.2) is 0 Å². The van der Waals surface area contributed by atoms with Gasteiger partial charge in [-0.05, 0) is 81.0 Å². The number of hydrogen-bond donors (Lipinski definition) is 1. The van der Waals surface area contributed by atoms with Gasteiger partial charge in [-0.3, -0.25) is 9.59 Å². The minimum Gasteiger partial charge on any atom is -0.469 e. The van der Waals surface area contributed by atoms with Crippen molar-refractivity contribution in [2.45, 2.75) is 90.3 Å². The second-order valence-corrected chi connectivity index (χ2v) is 10.5. The Kier molecular flexibility index (Phi) is 4.84. The maximum atomic E-state index is 12.4. The number of methoxy groups -OCH3 is 1. The third kappa shape index (κ3) is 2.68. The lowest BCUT2D eigenvalue weighted by atomic mass is 9.43. The number of esters is 2. The molecule has 4 aliphatic rings. The third-order valence-corrected chi connectivity index (χ3v) is 9.62. The fourth-order valence-corrected chi connectivity index (χ4v) is 8.05. The molecule has 158 valence electrons. The van der Waals surface area contributed by atoms with Gasteiger partial charge in [-0.1, -0.05) is 13.8 Å². The summed E-state index contributed by atoms with van der Waals surface area (Å²) in [4.78, 5) is 23.8. The van der Waals surface area contributed by atoms with Gasteiger partial charge in [0.05, 0.1) is 18.6 Å². The van der Waals surface area contributed by atoms with Crippen molar-refractivity contribution < 1.29 is 24.2 Å². The Hall–Kier alpha value is -1.10. The van der Waals surface area contributed by atoms with E-state index in [0.717, 1.165) is 51.4 Å². The van der Waals surface area contributed by atoms with Gasteiger partial charge in [0.25, 0.3) is 0 Å². The first-order valence-electron chi connectivity index (χ1n) is 11.1. The van der Waals surface area contributed by atoms with Crippen LogP contribution in [-0.4, -0.2) is 35.9 Å². The molecule has 0 radical (unpaired) electrons. The lowest BCUT2D eigenvalue weighted by Crippen LogP contribution is -2.62. The van der Waals surface area contributed by atoms with E-state index in [0.29, 0.717) is 18.3 Å². The lowest BCUT2D eigenvalue weighted by molar-refractivity contribution is -0.214. The molecule has 0 spiro atoms. The molecule has 4 aliphatic carbocycles. The van der Waals surface area contributed by atoms with Crippen LogP contribution in [0.1, 0.15) is 78.6 Å². The SMILES string of the molecule is COC(=O)[C@@H]1CC[C@]2(O)[C@@H]3CC[C@@H]4C[C@H](OC(C)=O)CC[C@]4(C)[C@@H]3CC[C@@]12C. The van der Waals surface area contributed by atoms with Crippen molar-refractivity contribution in [3.05, 3.63) is 0 Å². The highest BCUT2D eigenvalue weighted by Gasteiger charge is 2.68. The van der Waals surface area contributed by atoms with Crippen LogP contribution in [0.3, 0.4) is 0 Å². The summed E-state index contributed by atoms with van der Waals surface area (Å²) < 4.78 is 10.6. The molecule has 4 saturated carbocycles. The van der Waals surface area contributed by atoms with Gasteiger partial charge in [-0.25, -0.2) is 0 Å². The van der Waals surface area contributed by atoms with Gasteiger partial charge in [0, 0.05) is 12.3 Å². The van der Waals surface area contributed by atoms with Crippen molar-refractivity contribution >= 4 is 11.9 Å². The number of carbonyl (C=O) groups excluding carboxylic acids is 2. The number of aliphatic hydroxyl groups is 1. The molecule has 8 atom stereocenters. The minimum absolute atomic E-state index is 0.0549. The maximum Gasteiger partial charge on any atom is 0.309 e. The van der Waals surface area contributed by atoms with E-state index in [9.17, 15) is 14.7 Å². The number of fused-ring (bicyclic) bond motifs is 5. The molecule has 0 unspecified atom stereocenters. The molecule has 5 nitrogen and oxygen atoms in total. The highest BCUT2D eigenvalue weighted by molar-refractivity contribution is 5.74. The van der Waals surface area contributed by atoms with Crippen molar-refractivity contribution in [3.8, 4) is 0 Å². The average Bonchev–Trinajstić information content (AvgIpc) is 2.92. The zero-order valence-electron chi connectivity index (χ0n) is 17.8. The first-order chi connectivity index (χ1) is 13.2. The molecule has 0 aromatic carbocycles. The summed E-state index contributed by atoms with van der Waals surface area (Å²) in [5, 5.41) is 12.0. The highest BCUT2D eigenvalue weighted by atomic mass is 16.5. The Balaban J connectivity index is 1.58. The van der Waals surface area contributed by atoms with E-state index in [-0.39, 0.29) is 40.7 Å². The zero-order valence-corrected chi connectivity index (χ0v) is 17.8. The smallest absolute Gasteiger partial charge is 0.309 e. The molecule has 5 heteroatoms. The molecule has 0 aromatic heterocycles. The molecule has 0 amide bonds. The first kappa shape index (κ1) is 20.2. The molecular formula is C23H36O5. The summed E-state index contributed by atoms with van der Waals surface area (Å²) in [5.74, 6) is 0.779. The van der Waals surface area contributed by atoms with Gasteiger partial charge >= 0.3 is 11.9 Å². The fourth-order valence-electron chi connectivity index (χ4n) is 8.05. The molecule has 0 heterocycles. The monoisotopic (exact) mass is 392 g/mol. The Bertz CT molecular complexity index is 661. The topological polar surface area (TPSA) is 72.8 Å². The van der Waals surface area contributed by atoms with E-state index in [1.54, 1.807) is 0 Å². The van der Waals surface area contributed by atoms with Crippen LogP contribution in [-0.2, 0) is 19.1 Å². The molecule has 0 aromatic rings.